The minimum absolute atomic E-state index is 0.140. The molecule has 1 atom stereocenters. The summed E-state index contributed by atoms with van der Waals surface area (Å²) < 4.78 is 2.07. The van der Waals surface area contributed by atoms with Crippen LogP contribution in [0.5, 0.6) is 0 Å². The quantitative estimate of drug-likeness (QED) is 0.718. The molecule has 3 aromatic rings. The van der Waals surface area contributed by atoms with Crippen LogP contribution in [0.2, 0.25) is 0 Å². The smallest absolute Gasteiger partial charge is 0.220 e. The van der Waals surface area contributed by atoms with Gasteiger partial charge in [-0.2, -0.15) is 0 Å². The molecular formula is C21H23N3O. The molecule has 1 amide bonds. The number of fused-ring (bicyclic) bond motifs is 1. The Balaban J connectivity index is 1.33. The van der Waals surface area contributed by atoms with Gasteiger partial charge in [0.15, 0.2) is 0 Å². The lowest BCUT2D eigenvalue weighted by atomic mass is 9.91. The number of imidazole rings is 1. The van der Waals surface area contributed by atoms with Gasteiger partial charge in [0.05, 0.1) is 11.7 Å². The van der Waals surface area contributed by atoms with E-state index in [4.69, 9.17) is 0 Å². The number of amides is 1. The maximum Gasteiger partial charge on any atom is 0.220 e. The van der Waals surface area contributed by atoms with Crippen molar-refractivity contribution in [1.29, 1.82) is 0 Å². The summed E-state index contributed by atoms with van der Waals surface area (Å²) in [6.45, 7) is 0.624. The molecule has 1 saturated carbocycles. The van der Waals surface area contributed by atoms with E-state index in [0.29, 0.717) is 24.8 Å². The second-order valence-corrected chi connectivity index (χ2v) is 6.83. The van der Waals surface area contributed by atoms with E-state index in [-0.39, 0.29) is 5.91 Å². The highest BCUT2D eigenvalue weighted by molar-refractivity contribution is 5.77. The van der Waals surface area contributed by atoms with E-state index in [2.05, 4.69) is 39.0 Å². The molecule has 0 spiro atoms. The van der Waals surface area contributed by atoms with Crippen molar-refractivity contribution >= 4 is 11.4 Å². The van der Waals surface area contributed by atoms with Gasteiger partial charge in [-0.3, -0.25) is 4.79 Å². The fraction of sp³-hybridized carbons (Fsp3) is 0.333. The minimum atomic E-state index is 0.140. The van der Waals surface area contributed by atoms with Gasteiger partial charge in [-0.05, 0) is 42.4 Å². The summed E-state index contributed by atoms with van der Waals surface area (Å²) in [4.78, 5) is 16.9. The number of nitrogens with zero attached hydrogens (tertiary/aromatic N) is 2. The average molecular weight is 333 g/mol. The highest BCUT2D eigenvalue weighted by atomic mass is 16.1. The molecule has 0 bridgehead atoms. The van der Waals surface area contributed by atoms with Gasteiger partial charge >= 0.3 is 0 Å². The van der Waals surface area contributed by atoms with Crippen LogP contribution in [0.1, 0.15) is 36.6 Å². The van der Waals surface area contributed by atoms with Crippen molar-refractivity contribution in [2.75, 3.05) is 6.54 Å². The van der Waals surface area contributed by atoms with Gasteiger partial charge in [0.25, 0.3) is 0 Å². The topological polar surface area (TPSA) is 46.4 Å². The lowest BCUT2D eigenvalue weighted by Gasteiger charge is -2.16. The molecule has 128 valence electrons. The molecule has 4 heteroatoms. The number of benzene rings is 1. The molecule has 1 aliphatic carbocycles. The fourth-order valence-corrected chi connectivity index (χ4v) is 3.53. The van der Waals surface area contributed by atoms with E-state index in [1.54, 1.807) is 0 Å². The average Bonchev–Trinajstić information content (AvgIpc) is 3.41. The summed E-state index contributed by atoms with van der Waals surface area (Å²) in [5, 5.41) is 3.08. The molecule has 1 unspecified atom stereocenters. The molecule has 0 radical (unpaired) electrons. The third-order valence-electron chi connectivity index (χ3n) is 5.01. The predicted octanol–water partition coefficient (Wildman–Crippen LogP) is 3.58. The molecular weight excluding hydrogens is 310 g/mol. The summed E-state index contributed by atoms with van der Waals surface area (Å²) in [6.07, 6.45) is 7.69. The van der Waals surface area contributed by atoms with Crippen LogP contribution in [0.3, 0.4) is 0 Å². The number of carbonyl (C=O) groups excluding carboxylic acids is 1. The summed E-state index contributed by atoms with van der Waals surface area (Å²) >= 11 is 0. The molecule has 1 N–H and O–H groups in total. The minimum Gasteiger partial charge on any atom is -0.356 e. The number of carbonyl (C=O) groups is 1. The highest BCUT2D eigenvalue weighted by Crippen LogP contribution is 2.44. The van der Waals surface area contributed by atoms with Crippen LogP contribution in [0, 0.1) is 5.92 Å². The highest BCUT2D eigenvalue weighted by Gasteiger charge is 2.33. The Morgan fingerprint density at radius 3 is 2.76 bits per heavy atom. The van der Waals surface area contributed by atoms with Gasteiger partial charge in [0, 0.05) is 25.6 Å². The molecule has 4 rings (SSSR count). The van der Waals surface area contributed by atoms with Crippen LogP contribution in [-0.2, 0) is 11.2 Å². The SMILES string of the molecule is O=C(CC(c1ccccc1)C1CC1)NCCc1ncc2ccccn12. The van der Waals surface area contributed by atoms with E-state index in [1.807, 2.05) is 36.7 Å². The summed E-state index contributed by atoms with van der Waals surface area (Å²) in [5.74, 6) is 2.15. The Morgan fingerprint density at radius 1 is 1.16 bits per heavy atom. The van der Waals surface area contributed by atoms with Crippen molar-refractivity contribution < 1.29 is 4.79 Å². The maximum absolute atomic E-state index is 12.4. The van der Waals surface area contributed by atoms with Crippen molar-refractivity contribution in [2.24, 2.45) is 5.92 Å². The largest absolute Gasteiger partial charge is 0.356 e. The second-order valence-electron chi connectivity index (χ2n) is 6.83. The third-order valence-corrected chi connectivity index (χ3v) is 5.01. The van der Waals surface area contributed by atoms with Crippen molar-refractivity contribution in [2.45, 2.75) is 31.6 Å². The lowest BCUT2D eigenvalue weighted by molar-refractivity contribution is -0.121. The van der Waals surface area contributed by atoms with Gasteiger partial charge in [-0.1, -0.05) is 36.4 Å². The van der Waals surface area contributed by atoms with Crippen LogP contribution in [0.4, 0.5) is 0 Å². The number of hydrogen-bond acceptors (Lipinski definition) is 2. The Hall–Kier alpha value is -2.62. The molecule has 25 heavy (non-hydrogen) atoms. The molecule has 0 aliphatic heterocycles. The molecule has 0 saturated heterocycles. The molecule has 2 heterocycles. The standard InChI is InChI=1S/C21H23N3O/c25-21(14-19(17-9-10-17)16-6-2-1-3-7-16)22-12-11-20-23-15-18-8-4-5-13-24(18)20/h1-8,13,15,17,19H,9-12,14H2,(H,22,25). The van der Waals surface area contributed by atoms with Crippen molar-refractivity contribution in [3.63, 3.8) is 0 Å². The Labute approximate surface area is 147 Å². The number of rotatable bonds is 7. The summed E-state index contributed by atoms with van der Waals surface area (Å²) in [7, 11) is 0. The number of aromatic nitrogens is 2. The molecule has 1 aromatic carbocycles. The first kappa shape index (κ1) is 15.9. The van der Waals surface area contributed by atoms with Crippen LogP contribution in [0.15, 0.2) is 60.9 Å². The van der Waals surface area contributed by atoms with Crippen molar-refractivity contribution in [3.8, 4) is 0 Å². The predicted molar refractivity (Wildman–Crippen MR) is 98.4 cm³/mol. The zero-order valence-electron chi connectivity index (χ0n) is 14.3. The number of hydrogen-bond donors (Lipinski definition) is 1. The second kappa shape index (κ2) is 7.09. The van der Waals surface area contributed by atoms with E-state index >= 15 is 0 Å². The Morgan fingerprint density at radius 2 is 1.96 bits per heavy atom. The Kier molecular flexibility index (Phi) is 4.51. The van der Waals surface area contributed by atoms with Crippen LogP contribution in [-0.4, -0.2) is 21.8 Å². The van der Waals surface area contributed by atoms with Gasteiger partial charge < -0.3 is 9.72 Å². The maximum atomic E-state index is 12.4. The van der Waals surface area contributed by atoms with Gasteiger partial charge in [0.2, 0.25) is 5.91 Å². The normalized spacial score (nSPS) is 15.2. The first-order valence-electron chi connectivity index (χ1n) is 9.04. The third kappa shape index (κ3) is 3.73. The monoisotopic (exact) mass is 333 g/mol. The van der Waals surface area contributed by atoms with Crippen LogP contribution < -0.4 is 5.32 Å². The lowest BCUT2D eigenvalue weighted by Crippen LogP contribution is -2.28. The van der Waals surface area contributed by atoms with Gasteiger partial charge in [0.1, 0.15) is 5.82 Å². The number of nitrogens with one attached hydrogen (secondary N) is 1. The zero-order valence-corrected chi connectivity index (χ0v) is 14.3. The van der Waals surface area contributed by atoms with E-state index in [0.717, 1.165) is 17.8 Å². The van der Waals surface area contributed by atoms with Crippen molar-refractivity contribution in [3.05, 3.63) is 72.3 Å². The summed E-state index contributed by atoms with van der Waals surface area (Å²) in [6, 6.07) is 16.5. The molecule has 2 aromatic heterocycles. The van der Waals surface area contributed by atoms with Gasteiger partial charge in [-0.25, -0.2) is 4.98 Å². The van der Waals surface area contributed by atoms with E-state index < -0.39 is 0 Å². The van der Waals surface area contributed by atoms with Gasteiger partial charge in [-0.15, -0.1) is 0 Å². The summed E-state index contributed by atoms with van der Waals surface area (Å²) in [5.41, 5.74) is 2.38. The first-order chi connectivity index (χ1) is 12.3. The number of pyridine rings is 1. The van der Waals surface area contributed by atoms with Crippen LogP contribution in [0.25, 0.3) is 5.52 Å². The zero-order chi connectivity index (χ0) is 17.1. The fourth-order valence-electron chi connectivity index (χ4n) is 3.53. The Bertz CT molecular complexity index is 852. The van der Waals surface area contributed by atoms with Crippen LogP contribution >= 0.6 is 0 Å². The molecule has 1 aliphatic rings. The first-order valence-corrected chi connectivity index (χ1v) is 9.04. The molecule has 4 nitrogen and oxygen atoms in total. The van der Waals surface area contributed by atoms with E-state index in [9.17, 15) is 4.79 Å². The van der Waals surface area contributed by atoms with Crippen molar-refractivity contribution in [1.82, 2.24) is 14.7 Å². The van der Waals surface area contributed by atoms with E-state index in [1.165, 1.54) is 18.4 Å². The molecule has 1 fully saturated rings.